The first kappa shape index (κ1) is 28.0. The molecule has 2 aromatic carbocycles. The molecule has 6 nitrogen and oxygen atoms in total. The smallest absolute Gasteiger partial charge is 0.744 e. The second kappa shape index (κ2) is 13.8. The Balaban J connectivity index is 0. The summed E-state index contributed by atoms with van der Waals surface area (Å²) >= 11 is 0. The van der Waals surface area contributed by atoms with E-state index < -0.39 is 20.2 Å². The maximum Gasteiger partial charge on any atom is 1.00 e. The zero-order valence-electron chi connectivity index (χ0n) is 14.3. The van der Waals surface area contributed by atoms with Crippen LogP contribution in [0.2, 0.25) is 0 Å². The van der Waals surface area contributed by atoms with E-state index in [0.29, 0.717) is 21.9 Å². The third-order valence-electron chi connectivity index (χ3n) is 2.45. The predicted octanol–water partition coefficient (Wildman–Crippen LogP) is -3.59. The van der Waals surface area contributed by atoms with Gasteiger partial charge in [0.25, 0.3) is 0 Å². The second-order valence-electron chi connectivity index (χ2n) is 4.41. The second-order valence-corrected chi connectivity index (χ2v) is 6.93. The van der Waals surface area contributed by atoms with Crippen LogP contribution in [0.25, 0.3) is 12.2 Å². The van der Waals surface area contributed by atoms with Crippen LogP contribution in [0.3, 0.4) is 0 Å². The third-order valence-corrected chi connectivity index (χ3v) is 3.39. The van der Waals surface area contributed by atoms with Gasteiger partial charge in [-0.05, 0) is 23.3 Å². The third kappa shape index (κ3) is 16.0. The van der Waals surface area contributed by atoms with Gasteiger partial charge >= 0.3 is 59.1 Å². The van der Waals surface area contributed by atoms with Crippen molar-refractivity contribution in [3.8, 4) is 0 Å². The molecule has 0 aliphatic heterocycles. The Morgan fingerprint density at radius 3 is 1.08 bits per heavy atom. The Bertz CT molecular complexity index is 817. The first-order valence-corrected chi connectivity index (χ1v) is 9.48. The molecule has 0 radical (unpaired) electrons. The van der Waals surface area contributed by atoms with E-state index in [2.05, 4.69) is 0 Å². The van der Waals surface area contributed by atoms with Crippen LogP contribution < -0.4 is 59.1 Å². The number of rotatable bonds is 4. The number of benzene rings is 2. The largest absolute Gasteiger partial charge is 1.00 e. The van der Waals surface area contributed by atoms with Crippen molar-refractivity contribution >= 4 is 32.4 Å². The van der Waals surface area contributed by atoms with Gasteiger partial charge in [0.1, 0.15) is 20.2 Å². The Labute approximate surface area is 198 Å². The van der Waals surface area contributed by atoms with Crippen LogP contribution in [0.5, 0.6) is 0 Å². The first-order valence-electron chi connectivity index (χ1n) is 6.54. The quantitative estimate of drug-likeness (QED) is 0.379. The van der Waals surface area contributed by atoms with Crippen LogP contribution in [-0.2, 0) is 20.2 Å². The first-order chi connectivity index (χ1) is 11.2. The fourth-order valence-corrected chi connectivity index (χ4v) is 2.10. The fraction of sp³-hybridized carbons (Fsp3) is 0. The number of hydrogen-bond acceptors (Lipinski definition) is 6. The molecule has 128 valence electrons. The van der Waals surface area contributed by atoms with Gasteiger partial charge in [-0.2, -0.15) is 0 Å². The van der Waals surface area contributed by atoms with Crippen LogP contribution in [-0.4, -0.2) is 25.9 Å². The van der Waals surface area contributed by atoms with Crippen LogP contribution in [0.1, 0.15) is 11.1 Å². The van der Waals surface area contributed by atoms with Crippen molar-refractivity contribution in [1.82, 2.24) is 0 Å². The molecule has 0 aromatic heterocycles. The topological polar surface area (TPSA) is 114 Å². The molecular weight excluding hydrogens is 398 g/mol. The van der Waals surface area contributed by atoms with Crippen LogP contribution in [0.15, 0.2) is 71.5 Å². The summed E-state index contributed by atoms with van der Waals surface area (Å²) in [5, 5.41) is 1.28. The van der Waals surface area contributed by atoms with Gasteiger partial charge < -0.3 is 9.11 Å². The van der Waals surface area contributed by atoms with E-state index in [1.807, 2.05) is 12.1 Å². The zero-order chi connectivity index (χ0) is 18.1. The Kier molecular flexibility index (Phi) is 14.9. The summed E-state index contributed by atoms with van der Waals surface area (Å²) in [6.45, 7) is 0. The molecule has 0 aliphatic rings. The summed E-state index contributed by atoms with van der Waals surface area (Å²) in [5.74, 6) is 0. The van der Waals surface area contributed by atoms with Gasteiger partial charge in [-0.3, -0.25) is 0 Å². The molecule has 0 saturated heterocycles. The van der Waals surface area contributed by atoms with E-state index in [-0.39, 0.29) is 59.1 Å². The summed E-state index contributed by atoms with van der Waals surface area (Å²) in [6, 6.07) is 17.5. The van der Waals surface area contributed by atoms with E-state index >= 15 is 0 Å². The molecule has 10 heteroatoms. The minimum absolute atomic E-state index is 0. The minimum atomic E-state index is -4.25. The molecule has 0 saturated carbocycles. The molecular formula is C16H14Na2O6S2. The van der Waals surface area contributed by atoms with Gasteiger partial charge in [0.2, 0.25) is 0 Å². The maximum absolute atomic E-state index is 10.2. The Morgan fingerprint density at radius 1 is 0.577 bits per heavy atom. The van der Waals surface area contributed by atoms with E-state index in [4.69, 9.17) is 0 Å². The molecule has 0 atom stereocenters. The molecule has 0 unspecified atom stereocenters. The van der Waals surface area contributed by atoms with Crippen molar-refractivity contribution in [2.75, 3.05) is 0 Å². The van der Waals surface area contributed by atoms with E-state index in [1.54, 1.807) is 48.5 Å². The average molecular weight is 412 g/mol. The minimum Gasteiger partial charge on any atom is -0.744 e. The van der Waals surface area contributed by atoms with Gasteiger partial charge in [0.05, 0.1) is 0 Å². The van der Waals surface area contributed by atoms with Crippen molar-refractivity contribution < 1.29 is 85.1 Å². The van der Waals surface area contributed by atoms with Crippen LogP contribution in [0, 0.1) is 0 Å². The normalized spacial score (nSPS) is 11.2. The molecule has 2 aromatic rings. The Hall–Kier alpha value is -0.260. The van der Waals surface area contributed by atoms with Crippen LogP contribution >= 0.6 is 0 Å². The molecule has 0 bridgehead atoms. The summed E-state index contributed by atoms with van der Waals surface area (Å²) in [5.41, 5.74) is 1.38. The van der Waals surface area contributed by atoms with Crippen molar-refractivity contribution in [2.24, 2.45) is 0 Å². The summed E-state index contributed by atoms with van der Waals surface area (Å²) in [7, 11) is -8.51. The molecule has 0 amide bonds. The molecule has 2 rings (SSSR count). The SMILES string of the molecule is O=S(=O)([O-])C=Cc1ccccc1.O=S(=O)([O-])C=Cc1ccccc1.[Na+].[Na+]. The molecule has 0 aliphatic carbocycles. The summed E-state index contributed by atoms with van der Waals surface area (Å²) in [6.07, 6.45) is 2.53. The monoisotopic (exact) mass is 412 g/mol. The van der Waals surface area contributed by atoms with Gasteiger partial charge in [-0.25, -0.2) is 16.8 Å². The summed E-state index contributed by atoms with van der Waals surface area (Å²) < 4.78 is 61.0. The van der Waals surface area contributed by atoms with Crippen molar-refractivity contribution in [3.63, 3.8) is 0 Å². The number of hydrogen-bond donors (Lipinski definition) is 0. The van der Waals surface area contributed by atoms with E-state index in [9.17, 15) is 25.9 Å². The molecule has 0 heterocycles. The van der Waals surface area contributed by atoms with Crippen molar-refractivity contribution in [3.05, 3.63) is 82.6 Å². The van der Waals surface area contributed by atoms with Gasteiger partial charge in [-0.1, -0.05) is 60.7 Å². The predicted molar refractivity (Wildman–Crippen MR) is 90.3 cm³/mol. The Morgan fingerprint density at radius 2 is 0.846 bits per heavy atom. The maximum atomic E-state index is 10.2. The van der Waals surface area contributed by atoms with Crippen LogP contribution in [0.4, 0.5) is 0 Å². The average Bonchev–Trinajstić information content (AvgIpc) is 2.52. The van der Waals surface area contributed by atoms with E-state index in [1.165, 1.54) is 12.2 Å². The zero-order valence-corrected chi connectivity index (χ0v) is 20.0. The fourth-order valence-electron chi connectivity index (χ4n) is 1.45. The van der Waals surface area contributed by atoms with Gasteiger partial charge in [-0.15, -0.1) is 0 Å². The van der Waals surface area contributed by atoms with Gasteiger partial charge in [0.15, 0.2) is 0 Å². The molecule has 0 spiro atoms. The van der Waals surface area contributed by atoms with Gasteiger partial charge in [0, 0.05) is 10.8 Å². The standard InChI is InChI=1S/2C8H8O3S.2Na/c2*9-12(10,11)7-6-8-4-2-1-3-5-8;;/h2*1-7H,(H,9,10,11);;/q;;2*+1/p-2. The molecule has 26 heavy (non-hydrogen) atoms. The van der Waals surface area contributed by atoms with E-state index in [0.717, 1.165) is 0 Å². The van der Waals surface area contributed by atoms with Crippen molar-refractivity contribution in [1.29, 1.82) is 0 Å². The van der Waals surface area contributed by atoms with Crippen molar-refractivity contribution in [2.45, 2.75) is 0 Å². The molecule has 0 fully saturated rings. The molecule has 0 N–H and O–H groups in total. The summed E-state index contributed by atoms with van der Waals surface area (Å²) in [4.78, 5) is 0.